The number of carbonyl (C=O) groups is 1. The Hall–Kier alpha value is -5.30. The van der Waals surface area contributed by atoms with E-state index in [1.807, 2.05) is 75.1 Å². The molecule has 1 unspecified atom stereocenters. The van der Waals surface area contributed by atoms with Crippen molar-refractivity contribution in [2.24, 2.45) is 0 Å². The zero-order chi connectivity index (χ0) is 61.0. The summed E-state index contributed by atoms with van der Waals surface area (Å²) in [6.07, 6.45) is 5.72. The first kappa shape index (κ1) is 69.5. The van der Waals surface area contributed by atoms with Crippen molar-refractivity contribution >= 4 is 38.0 Å². The molecule has 0 fully saturated rings. The van der Waals surface area contributed by atoms with Crippen LogP contribution in [0.1, 0.15) is 70.3 Å². The van der Waals surface area contributed by atoms with Crippen LogP contribution in [0.4, 0.5) is 5.69 Å². The quantitative estimate of drug-likeness (QED) is 0.0254. The molecular formula is C58H86N3O21S2+. The van der Waals surface area contributed by atoms with Crippen molar-refractivity contribution in [2.45, 2.75) is 69.1 Å². The number of aromatic nitrogens is 1. The van der Waals surface area contributed by atoms with Gasteiger partial charge < -0.3 is 71.7 Å². The van der Waals surface area contributed by atoms with Crippen LogP contribution >= 0.6 is 0 Å². The van der Waals surface area contributed by atoms with E-state index in [1.165, 1.54) is 18.2 Å². The number of fused-ring (bicyclic) bond motifs is 2. The van der Waals surface area contributed by atoms with Gasteiger partial charge in [-0.25, -0.2) is 9.37 Å². The second kappa shape index (κ2) is 35.4. The van der Waals surface area contributed by atoms with Crippen LogP contribution in [0.25, 0.3) is 17.4 Å². The van der Waals surface area contributed by atoms with Gasteiger partial charge in [0.05, 0.1) is 122 Å². The van der Waals surface area contributed by atoms with Gasteiger partial charge in [0.2, 0.25) is 17.1 Å². The van der Waals surface area contributed by atoms with Gasteiger partial charge in [-0.3, -0.25) is 9.11 Å². The van der Waals surface area contributed by atoms with E-state index in [2.05, 4.69) is 4.58 Å². The largest absolute Gasteiger partial charge is 0.492 e. The number of allylic oxidation sites excluding steroid dienone is 3. The van der Waals surface area contributed by atoms with Crippen molar-refractivity contribution in [1.29, 1.82) is 0 Å². The lowest BCUT2D eigenvalue weighted by Crippen LogP contribution is -2.36. The van der Waals surface area contributed by atoms with E-state index in [9.17, 15) is 40.9 Å². The van der Waals surface area contributed by atoms with E-state index < -0.39 is 54.5 Å². The lowest BCUT2D eigenvalue weighted by molar-refractivity contribution is -0.145. The normalized spacial score (nSPS) is 15.3. The number of methoxy groups -OCH3 is 2. The average molecular weight is 1230 g/mol. The predicted octanol–water partition coefficient (Wildman–Crippen LogP) is 5.12. The summed E-state index contributed by atoms with van der Waals surface area (Å²) in [5.41, 5.74) is 1.67. The van der Waals surface area contributed by atoms with Crippen molar-refractivity contribution in [2.75, 3.05) is 163 Å². The molecule has 0 saturated heterocycles. The molecule has 1 atom stereocenters. The minimum atomic E-state index is -4.69. The second-order valence-electron chi connectivity index (χ2n) is 20.7. The number of benzene rings is 2. The molecule has 0 amide bonds. The number of hydrogen-bond acceptors (Lipinski definition) is 20. The van der Waals surface area contributed by atoms with Crippen LogP contribution in [-0.2, 0) is 83.2 Å². The summed E-state index contributed by atoms with van der Waals surface area (Å²) >= 11 is 0. The molecule has 26 heteroatoms. The highest BCUT2D eigenvalue weighted by molar-refractivity contribution is 7.86. The Labute approximate surface area is 493 Å². The van der Waals surface area contributed by atoms with E-state index in [4.69, 9.17) is 56.6 Å². The van der Waals surface area contributed by atoms with Crippen molar-refractivity contribution in [1.82, 2.24) is 9.31 Å². The van der Waals surface area contributed by atoms with Crippen LogP contribution in [-0.4, -0.2) is 205 Å². The third-order valence-corrected chi connectivity index (χ3v) is 15.0. The van der Waals surface area contributed by atoms with Gasteiger partial charge >= 0.3 is 5.97 Å². The SMILES string of the molecule is COCCOCCOCCOCCOCC[N+](CCOCCOCCOCCOCCOC)=c1ccc2c(C=CC=C3N(CCCS(=O)(=O)O)c4ccc(S(=O)(=O)O)cc4C3(C)CCCC(=O)On3c(O)ccc3O)cc(C(C)(C)C)oc-2c1. The molecule has 3 aliphatic rings. The summed E-state index contributed by atoms with van der Waals surface area (Å²) in [5.74, 6) is -1.03. The minimum Gasteiger partial charge on any atom is -0.492 e. The number of nitrogens with zero attached hydrogens (tertiary/aromatic N) is 3. The molecule has 0 radical (unpaired) electrons. The Morgan fingerprint density at radius 3 is 1.67 bits per heavy atom. The fraction of sp³-hybridized carbons (Fsp3) is 0.586. The van der Waals surface area contributed by atoms with Crippen molar-refractivity contribution in [3.63, 3.8) is 0 Å². The first-order valence-electron chi connectivity index (χ1n) is 28.0. The molecule has 1 aromatic carbocycles. The smallest absolute Gasteiger partial charge is 0.333 e. The molecule has 2 aliphatic heterocycles. The highest BCUT2D eigenvalue weighted by Gasteiger charge is 2.44. The summed E-state index contributed by atoms with van der Waals surface area (Å²) in [7, 11) is -5.80. The number of rotatable bonds is 42. The van der Waals surface area contributed by atoms with Gasteiger partial charge in [0, 0.05) is 73.2 Å². The Morgan fingerprint density at radius 1 is 0.667 bits per heavy atom. The van der Waals surface area contributed by atoms with Gasteiger partial charge in [-0.2, -0.15) is 16.8 Å². The molecule has 3 heterocycles. The summed E-state index contributed by atoms with van der Waals surface area (Å²) in [6.45, 7) is 17.0. The van der Waals surface area contributed by atoms with Gasteiger partial charge in [0.15, 0.2) is 13.1 Å². The lowest BCUT2D eigenvalue weighted by atomic mass is 9.77. The van der Waals surface area contributed by atoms with Crippen LogP contribution < -0.4 is 19.7 Å². The maximum atomic E-state index is 13.1. The average Bonchev–Trinajstić information content (AvgIpc) is 1.73. The Kier molecular flexibility index (Phi) is 29.2. The Bertz CT molecular complexity index is 2920. The molecule has 24 nitrogen and oxygen atoms in total. The zero-order valence-corrected chi connectivity index (χ0v) is 50.8. The highest BCUT2D eigenvalue weighted by atomic mass is 32.2. The van der Waals surface area contributed by atoms with Gasteiger partial charge in [0.25, 0.3) is 20.2 Å². The maximum absolute atomic E-state index is 13.1. The number of aromatic hydroxyl groups is 2. The predicted molar refractivity (Wildman–Crippen MR) is 312 cm³/mol. The molecule has 1 aliphatic carbocycles. The minimum absolute atomic E-state index is 0.0152. The third-order valence-electron chi connectivity index (χ3n) is 13.4. The van der Waals surface area contributed by atoms with Crippen LogP contribution in [0.3, 0.4) is 0 Å². The van der Waals surface area contributed by atoms with E-state index in [1.54, 1.807) is 14.2 Å². The standard InChI is InChI=1S/C58H85N3O21S2/c1-57(2,3)53-42-45(10-7-11-52-58(4,19-8-12-56(64)82-61-54(62)17-18-55(61)63)49-44-47(84(68,69)70)14-16-50(49)60(52)20-9-41-83(65,66)67)48-15-13-46(43-51(48)81-53)59(21-23-73-29-31-77-37-39-79-35-33-75-27-25-71-5)22-24-74-30-32-78-38-40-80-36-34-76-28-26-72-6/h7,10-11,13-18,42-44H,8-9,12,19-41H2,1-6H3,(H3-,62,63,65,66,67,68,69,70)/p+1. The fourth-order valence-corrected chi connectivity index (χ4v) is 10.0. The fourth-order valence-electron chi connectivity index (χ4n) is 9.01. The maximum Gasteiger partial charge on any atom is 0.333 e. The van der Waals surface area contributed by atoms with Crippen molar-refractivity contribution in [3.8, 4) is 23.1 Å². The molecule has 0 bridgehead atoms. The summed E-state index contributed by atoms with van der Waals surface area (Å²) < 4.78 is 134. The third kappa shape index (κ3) is 23.2. The van der Waals surface area contributed by atoms with Gasteiger partial charge in [-0.05, 0) is 73.7 Å². The number of carbonyl (C=O) groups excluding carboxylic acids is 1. The van der Waals surface area contributed by atoms with Crippen LogP contribution in [0.2, 0.25) is 0 Å². The molecule has 5 rings (SSSR count). The van der Waals surface area contributed by atoms with E-state index in [-0.39, 0.29) is 37.1 Å². The number of hydrogen-bond donors (Lipinski definition) is 4. The number of anilines is 1. The van der Waals surface area contributed by atoms with Crippen molar-refractivity contribution in [3.05, 3.63) is 94.7 Å². The molecular weight excluding hydrogens is 1140 g/mol. The van der Waals surface area contributed by atoms with E-state index >= 15 is 0 Å². The number of ether oxygens (including phenoxy) is 10. The molecule has 470 valence electrons. The molecule has 0 saturated carbocycles. The molecule has 84 heavy (non-hydrogen) atoms. The van der Waals surface area contributed by atoms with E-state index in [0.717, 1.165) is 28.6 Å². The van der Waals surface area contributed by atoms with Gasteiger partial charge in [-0.1, -0.05) is 32.9 Å². The van der Waals surface area contributed by atoms with Crippen LogP contribution in [0.15, 0.2) is 81.8 Å². The lowest BCUT2D eigenvalue weighted by Gasteiger charge is -2.30. The van der Waals surface area contributed by atoms with Crippen LogP contribution in [0.5, 0.6) is 11.8 Å². The zero-order valence-electron chi connectivity index (χ0n) is 49.2. The second-order valence-corrected chi connectivity index (χ2v) is 23.7. The van der Waals surface area contributed by atoms with Crippen molar-refractivity contribution < 1.29 is 97.6 Å². The topological polar surface area (TPSA) is 292 Å². The molecule has 0 spiro atoms. The molecule has 4 N–H and O–H groups in total. The monoisotopic (exact) mass is 1220 g/mol. The highest BCUT2D eigenvalue weighted by Crippen LogP contribution is 2.51. The molecule has 2 aromatic rings. The Balaban J connectivity index is 1.41. The van der Waals surface area contributed by atoms with Gasteiger partial charge in [-0.15, -0.1) is 4.73 Å². The Morgan fingerprint density at radius 2 is 1.18 bits per heavy atom. The molecule has 1 aromatic heterocycles. The summed E-state index contributed by atoms with van der Waals surface area (Å²) in [6, 6.07) is 14.4. The first-order valence-corrected chi connectivity index (χ1v) is 31.0. The first-order chi connectivity index (χ1) is 40.2. The van der Waals surface area contributed by atoms with Crippen LogP contribution in [0, 0.1) is 0 Å². The van der Waals surface area contributed by atoms with Gasteiger partial charge in [0.1, 0.15) is 24.7 Å². The van der Waals surface area contributed by atoms with E-state index in [0.29, 0.717) is 165 Å². The summed E-state index contributed by atoms with van der Waals surface area (Å²) in [5, 5.41) is 21.0. The summed E-state index contributed by atoms with van der Waals surface area (Å²) in [4.78, 5) is 19.7.